The van der Waals surface area contributed by atoms with Gasteiger partial charge in [-0.1, -0.05) is 12.1 Å². The lowest BCUT2D eigenvalue weighted by molar-refractivity contribution is -0.141. The first-order valence-corrected chi connectivity index (χ1v) is 7.49. The molecule has 1 fully saturated rings. The molecule has 1 unspecified atom stereocenters. The molecule has 1 atom stereocenters. The third kappa shape index (κ3) is 4.06. The van der Waals surface area contributed by atoms with Crippen molar-refractivity contribution in [2.75, 3.05) is 0 Å². The van der Waals surface area contributed by atoms with Gasteiger partial charge in [0.05, 0.1) is 6.04 Å². The number of ether oxygens (including phenoxy) is 1. The SMILES string of the molecule is O=C1CCC(c2ccc(OCc3nccn3CC(F)(F)F)cc2)N1. The molecule has 0 radical (unpaired) electrons. The van der Waals surface area contributed by atoms with E-state index in [-0.39, 0.29) is 24.4 Å². The molecule has 128 valence electrons. The molecule has 0 saturated carbocycles. The van der Waals surface area contributed by atoms with Gasteiger partial charge >= 0.3 is 6.18 Å². The van der Waals surface area contributed by atoms with Crippen molar-refractivity contribution in [3.63, 3.8) is 0 Å². The third-order valence-electron chi connectivity index (χ3n) is 3.80. The highest BCUT2D eigenvalue weighted by Gasteiger charge is 2.28. The Bertz CT molecular complexity index is 710. The van der Waals surface area contributed by atoms with E-state index in [4.69, 9.17) is 4.74 Å². The van der Waals surface area contributed by atoms with Gasteiger partial charge < -0.3 is 14.6 Å². The molecular weight excluding hydrogens is 323 g/mol. The Hall–Kier alpha value is -2.51. The summed E-state index contributed by atoms with van der Waals surface area (Å²) in [5, 5.41) is 2.87. The van der Waals surface area contributed by atoms with Crippen molar-refractivity contribution in [1.82, 2.24) is 14.9 Å². The lowest BCUT2D eigenvalue weighted by Gasteiger charge is -2.13. The quantitative estimate of drug-likeness (QED) is 0.911. The molecule has 0 spiro atoms. The summed E-state index contributed by atoms with van der Waals surface area (Å²) in [7, 11) is 0. The Kier molecular flexibility index (Phi) is 4.46. The van der Waals surface area contributed by atoms with Crippen LogP contribution in [0.4, 0.5) is 13.2 Å². The van der Waals surface area contributed by atoms with Crippen LogP contribution < -0.4 is 10.1 Å². The Morgan fingerprint density at radius 1 is 1.29 bits per heavy atom. The van der Waals surface area contributed by atoms with Gasteiger partial charge in [-0.3, -0.25) is 4.79 Å². The summed E-state index contributed by atoms with van der Waals surface area (Å²) < 4.78 is 43.9. The second-order valence-corrected chi connectivity index (χ2v) is 5.60. The van der Waals surface area contributed by atoms with Gasteiger partial charge in [0.2, 0.25) is 5.91 Å². The Morgan fingerprint density at radius 2 is 2.04 bits per heavy atom. The molecular formula is C16H16F3N3O2. The molecule has 2 heterocycles. The fourth-order valence-corrected chi connectivity index (χ4v) is 2.63. The average molecular weight is 339 g/mol. The Labute approximate surface area is 136 Å². The molecule has 5 nitrogen and oxygen atoms in total. The number of carbonyl (C=O) groups excluding carboxylic acids is 1. The van der Waals surface area contributed by atoms with E-state index in [0.717, 1.165) is 16.6 Å². The van der Waals surface area contributed by atoms with E-state index >= 15 is 0 Å². The second-order valence-electron chi connectivity index (χ2n) is 5.60. The van der Waals surface area contributed by atoms with Crippen molar-refractivity contribution in [2.24, 2.45) is 0 Å². The fourth-order valence-electron chi connectivity index (χ4n) is 2.63. The van der Waals surface area contributed by atoms with Crippen molar-refractivity contribution < 1.29 is 22.7 Å². The van der Waals surface area contributed by atoms with Crippen molar-refractivity contribution in [2.45, 2.75) is 38.2 Å². The number of rotatable bonds is 5. The zero-order chi connectivity index (χ0) is 17.2. The maximum absolute atomic E-state index is 12.5. The molecule has 1 aromatic heterocycles. The summed E-state index contributed by atoms with van der Waals surface area (Å²) in [5.41, 5.74) is 0.978. The van der Waals surface area contributed by atoms with E-state index in [9.17, 15) is 18.0 Å². The van der Waals surface area contributed by atoms with Gasteiger partial charge in [-0.15, -0.1) is 0 Å². The number of aromatic nitrogens is 2. The molecule has 0 bridgehead atoms. The van der Waals surface area contributed by atoms with Crippen LogP contribution in [-0.2, 0) is 17.9 Å². The molecule has 2 aromatic rings. The first kappa shape index (κ1) is 16.4. The van der Waals surface area contributed by atoms with Crippen LogP contribution in [0, 0.1) is 0 Å². The predicted octanol–water partition coefficient (Wildman–Crippen LogP) is 2.98. The standard InChI is InChI=1S/C16H16F3N3O2/c17-16(18,19)10-22-8-7-20-14(22)9-24-12-3-1-11(2-4-12)13-5-6-15(23)21-13/h1-4,7-8,13H,5-6,9-10H2,(H,21,23). The molecule has 1 aliphatic heterocycles. The lowest BCUT2D eigenvalue weighted by Crippen LogP contribution is -2.19. The third-order valence-corrected chi connectivity index (χ3v) is 3.80. The second kappa shape index (κ2) is 6.54. The number of amides is 1. The molecule has 0 aliphatic carbocycles. The number of benzene rings is 1. The van der Waals surface area contributed by atoms with Gasteiger partial charge in [0, 0.05) is 18.8 Å². The zero-order valence-electron chi connectivity index (χ0n) is 12.7. The number of alkyl halides is 3. The highest BCUT2D eigenvalue weighted by molar-refractivity contribution is 5.78. The van der Waals surface area contributed by atoms with Gasteiger partial charge in [0.1, 0.15) is 24.7 Å². The maximum Gasteiger partial charge on any atom is 0.406 e. The number of hydrogen-bond acceptors (Lipinski definition) is 3. The van der Waals surface area contributed by atoms with Crippen LogP contribution in [0.25, 0.3) is 0 Å². The van der Waals surface area contributed by atoms with Crippen LogP contribution in [0.3, 0.4) is 0 Å². The van der Waals surface area contributed by atoms with Crippen molar-refractivity contribution in [3.8, 4) is 5.75 Å². The lowest BCUT2D eigenvalue weighted by atomic mass is 10.1. The van der Waals surface area contributed by atoms with Crippen LogP contribution in [-0.4, -0.2) is 21.6 Å². The molecule has 8 heteroatoms. The van der Waals surface area contributed by atoms with E-state index in [1.165, 1.54) is 12.4 Å². The van der Waals surface area contributed by atoms with E-state index < -0.39 is 12.7 Å². The summed E-state index contributed by atoms with van der Waals surface area (Å²) >= 11 is 0. The van der Waals surface area contributed by atoms with E-state index in [0.29, 0.717) is 12.2 Å². The van der Waals surface area contributed by atoms with E-state index in [1.54, 1.807) is 12.1 Å². The number of hydrogen-bond donors (Lipinski definition) is 1. The fraction of sp³-hybridized carbons (Fsp3) is 0.375. The topological polar surface area (TPSA) is 56.1 Å². The van der Waals surface area contributed by atoms with Crippen molar-refractivity contribution in [3.05, 3.63) is 48.0 Å². The van der Waals surface area contributed by atoms with Crippen molar-refractivity contribution >= 4 is 5.91 Å². The highest BCUT2D eigenvalue weighted by Crippen LogP contribution is 2.25. The van der Waals surface area contributed by atoms with Crippen LogP contribution in [0.15, 0.2) is 36.7 Å². The molecule has 1 saturated heterocycles. The van der Waals surface area contributed by atoms with Gasteiger partial charge in [-0.05, 0) is 24.1 Å². The molecule has 3 rings (SSSR count). The van der Waals surface area contributed by atoms with Crippen LogP contribution in [0.5, 0.6) is 5.75 Å². The minimum atomic E-state index is -4.30. The molecule has 1 aliphatic rings. The van der Waals surface area contributed by atoms with Gasteiger partial charge in [0.25, 0.3) is 0 Å². The number of imidazole rings is 1. The van der Waals surface area contributed by atoms with Crippen LogP contribution in [0.1, 0.15) is 30.3 Å². The summed E-state index contributed by atoms with van der Waals surface area (Å²) in [6.07, 6.45) is -0.435. The largest absolute Gasteiger partial charge is 0.486 e. The number of nitrogens with one attached hydrogen (secondary N) is 1. The predicted molar refractivity (Wildman–Crippen MR) is 79.2 cm³/mol. The van der Waals surface area contributed by atoms with Crippen molar-refractivity contribution in [1.29, 1.82) is 0 Å². The normalized spacial score (nSPS) is 17.8. The van der Waals surface area contributed by atoms with Gasteiger partial charge in [0.15, 0.2) is 0 Å². The number of halogens is 3. The monoisotopic (exact) mass is 339 g/mol. The highest BCUT2D eigenvalue weighted by atomic mass is 19.4. The average Bonchev–Trinajstić information content (AvgIpc) is 3.13. The first-order chi connectivity index (χ1) is 11.4. The minimum Gasteiger partial charge on any atom is -0.486 e. The summed E-state index contributed by atoms with van der Waals surface area (Å²) in [6.45, 7) is -1.14. The smallest absolute Gasteiger partial charge is 0.406 e. The minimum absolute atomic E-state index is 0.0113. The molecule has 24 heavy (non-hydrogen) atoms. The summed E-state index contributed by atoms with van der Waals surface area (Å²) in [6, 6.07) is 7.16. The molecule has 1 aromatic carbocycles. The summed E-state index contributed by atoms with van der Waals surface area (Å²) in [5.74, 6) is 0.779. The molecule has 1 amide bonds. The maximum atomic E-state index is 12.5. The zero-order valence-corrected chi connectivity index (χ0v) is 12.7. The Balaban J connectivity index is 1.59. The summed E-state index contributed by atoms with van der Waals surface area (Å²) in [4.78, 5) is 15.1. The Morgan fingerprint density at radius 3 is 2.67 bits per heavy atom. The van der Waals surface area contributed by atoms with Crippen LogP contribution in [0.2, 0.25) is 0 Å². The molecule has 1 N–H and O–H groups in total. The van der Waals surface area contributed by atoms with E-state index in [1.807, 2.05) is 12.1 Å². The number of carbonyl (C=O) groups is 1. The van der Waals surface area contributed by atoms with Gasteiger partial charge in [-0.2, -0.15) is 13.2 Å². The van der Waals surface area contributed by atoms with Gasteiger partial charge in [-0.25, -0.2) is 4.98 Å². The number of nitrogens with zero attached hydrogens (tertiary/aromatic N) is 2. The van der Waals surface area contributed by atoms with Crippen LogP contribution >= 0.6 is 0 Å². The van der Waals surface area contributed by atoms with E-state index in [2.05, 4.69) is 10.3 Å². The first-order valence-electron chi connectivity index (χ1n) is 7.49.